The van der Waals surface area contributed by atoms with Crippen LogP contribution in [0.15, 0.2) is 18.2 Å². The van der Waals surface area contributed by atoms with Gasteiger partial charge in [-0.3, -0.25) is 4.79 Å². The number of carbonyl (C=O) groups excluding carboxylic acids is 1. The number of amides is 1. The number of nitriles is 1. The van der Waals surface area contributed by atoms with Crippen LogP contribution in [0.1, 0.15) is 5.56 Å². The molecule has 2 N–H and O–H groups in total. The van der Waals surface area contributed by atoms with Crippen LogP contribution in [0.3, 0.4) is 0 Å². The van der Waals surface area contributed by atoms with Gasteiger partial charge >= 0.3 is 0 Å². The van der Waals surface area contributed by atoms with E-state index in [1.165, 1.54) is 18.2 Å². The van der Waals surface area contributed by atoms with Gasteiger partial charge in [-0.05, 0) is 12.1 Å². The number of carbonyl (C=O) groups is 1. The molecule has 5 nitrogen and oxygen atoms in total. The molecule has 6 heteroatoms. The molecule has 0 saturated carbocycles. The molecule has 1 aromatic carbocycles. The minimum absolute atomic E-state index is 0.164. The van der Waals surface area contributed by atoms with E-state index in [0.29, 0.717) is 19.7 Å². The zero-order chi connectivity index (χ0) is 13.0. The summed E-state index contributed by atoms with van der Waals surface area (Å²) in [6.45, 7) is 1.56. The Morgan fingerprint density at radius 2 is 2.44 bits per heavy atom. The average molecular weight is 249 g/mol. The molecule has 1 aliphatic rings. The van der Waals surface area contributed by atoms with E-state index < -0.39 is 11.9 Å². The maximum Gasteiger partial charge on any atom is 0.254 e. The fourth-order valence-electron chi connectivity index (χ4n) is 1.69. The zero-order valence-corrected chi connectivity index (χ0v) is 9.57. The van der Waals surface area contributed by atoms with Crippen molar-refractivity contribution in [1.29, 1.82) is 5.26 Å². The summed E-state index contributed by atoms with van der Waals surface area (Å²) in [5, 5.41) is 14.4. The van der Waals surface area contributed by atoms with Gasteiger partial charge in [0.2, 0.25) is 0 Å². The van der Waals surface area contributed by atoms with Gasteiger partial charge < -0.3 is 15.4 Å². The largest absolute Gasteiger partial charge is 0.366 e. The molecule has 1 amide bonds. The molecule has 1 unspecified atom stereocenters. The van der Waals surface area contributed by atoms with Gasteiger partial charge in [-0.25, -0.2) is 4.39 Å². The summed E-state index contributed by atoms with van der Waals surface area (Å²) >= 11 is 0. The van der Waals surface area contributed by atoms with Crippen molar-refractivity contribution in [3.8, 4) is 6.07 Å². The Morgan fingerprint density at radius 3 is 3.11 bits per heavy atom. The van der Waals surface area contributed by atoms with Gasteiger partial charge in [0, 0.05) is 13.1 Å². The van der Waals surface area contributed by atoms with Crippen LogP contribution in [-0.2, 0) is 9.53 Å². The van der Waals surface area contributed by atoms with E-state index in [0.717, 1.165) is 0 Å². The van der Waals surface area contributed by atoms with Crippen LogP contribution in [0.2, 0.25) is 0 Å². The summed E-state index contributed by atoms with van der Waals surface area (Å²) in [5.41, 5.74) is -0.00806. The molecule has 1 fully saturated rings. The Hall–Kier alpha value is -1.97. The fraction of sp³-hybridized carbons (Fsp3) is 0.333. The van der Waals surface area contributed by atoms with Crippen LogP contribution < -0.4 is 10.6 Å². The highest BCUT2D eigenvalue weighted by Crippen LogP contribution is 2.18. The second kappa shape index (κ2) is 5.58. The van der Waals surface area contributed by atoms with Gasteiger partial charge in [-0.15, -0.1) is 0 Å². The number of rotatable bonds is 2. The number of ether oxygens (including phenoxy) is 1. The topological polar surface area (TPSA) is 74.2 Å². The number of hydrogen-bond acceptors (Lipinski definition) is 4. The van der Waals surface area contributed by atoms with Crippen molar-refractivity contribution in [3.63, 3.8) is 0 Å². The number of halogens is 1. The molecule has 1 aliphatic heterocycles. The molecule has 1 saturated heterocycles. The zero-order valence-electron chi connectivity index (χ0n) is 9.57. The SMILES string of the molecule is N#Cc1c(F)cccc1NC(=O)C1CNCCO1. The maximum atomic E-state index is 13.3. The first kappa shape index (κ1) is 12.5. The second-order valence-electron chi connectivity index (χ2n) is 3.83. The number of hydrogen-bond donors (Lipinski definition) is 2. The quantitative estimate of drug-likeness (QED) is 0.806. The molecule has 0 bridgehead atoms. The Balaban J connectivity index is 2.12. The van der Waals surface area contributed by atoms with E-state index in [-0.39, 0.29) is 17.2 Å². The third-order valence-electron chi connectivity index (χ3n) is 2.60. The van der Waals surface area contributed by atoms with Gasteiger partial charge in [0.25, 0.3) is 5.91 Å². The van der Waals surface area contributed by atoms with Gasteiger partial charge in [-0.1, -0.05) is 6.07 Å². The Morgan fingerprint density at radius 1 is 1.61 bits per heavy atom. The first-order chi connectivity index (χ1) is 8.72. The van der Waals surface area contributed by atoms with E-state index in [2.05, 4.69) is 10.6 Å². The highest BCUT2D eigenvalue weighted by atomic mass is 19.1. The monoisotopic (exact) mass is 249 g/mol. The van der Waals surface area contributed by atoms with Crippen LogP contribution in [-0.4, -0.2) is 31.7 Å². The predicted octanol–water partition coefficient (Wildman–Crippen LogP) is 0.624. The van der Waals surface area contributed by atoms with Crippen LogP contribution in [0.4, 0.5) is 10.1 Å². The molecular formula is C12H12FN3O2. The van der Waals surface area contributed by atoms with Crippen molar-refractivity contribution < 1.29 is 13.9 Å². The standard InChI is InChI=1S/C12H12FN3O2/c13-9-2-1-3-10(8(9)6-14)16-12(17)11-7-15-4-5-18-11/h1-3,11,15H,4-5,7H2,(H,16,17). The second-order valence-corrected chi connectivity index (χ2v) is 3.83. The number of nitrogens with zero attached hydrogens (tertiary/aromatic N) is 1. The molecule has 0 spiro atoms. The first-order valence-corrected chi connectivity index (χ1v) is 5.54. The van der Waals surface area contributed by atoms with Crippen molar-refractivity contribution in [3.05, 3.63) is 29.6 Å². The van der Waals surface area contributed by atoms with Crippen LogP contribution >= 0.6 is 0 Å². The Labute approximate surface area is 104 Å². The molecule has 1 aromatic rings. The van der Waals surface area contributed by atoms with Gasteiger partial charge in [-0.2, -0.15) is 5.26 Å². The first-order valence-electron chi connectivity index (χ1n) is 5.54. The summed E-state index contributed by atoms with van der Waals surface area (Å²) in [4.78, 5) is 11.8. The maximum absolute atomic E-state index is 13.3. The third kappa shape index (κ3) is 2.64. The normalized spacial score (nSPS) is 19.0. The molecule has 18 heavy (non-hydrogen) atoms. The number of morpholine rings is 1. The summed E-state index contributed by atoms with van der Waals surface area (Å²) in [6.07, 6.45) is -0.617. The molecule has 1 heterocycles. The van der Waals surface area contributed by atoms with Gasteiger partial charge in [0.05, 0.1) is 12.3 Å². The van der Waals surface area contributed by atoms with E-state index >= 15 is 0 Å². The minimum Gasteiger partial charge on any atom is -0.366 e. The van der Waals surface area contributed by atoms with E-state index in [9.17, 15) is 9.18 Å². The lowest BCUT2D eigenvalue weighted by atomic mass is 10.1. The van der Waals surface area contributed by atoms with Gasteiger partial charge in [0.15, 0.2) is 0 Å². The average Bonchev–Trinajstić information content (AvgIpc) is 2.40. The number of anilines is 1. The molecule has 94 valence electrons. The predicted molar refractivity (Wildman–Crippen MR) is 62.4 cm³/mol. The van der Waals surface area contributed by atoms with Gasteiger partial charge in [0.1, 0.15) is 23.6 Å². The van der Waals surface area contributed by atoms with Crippen molar-refractivity contribution >= 4 is 11.6 Å². The number of benzene rings is 1. The van der Waals surface area contributed by atoms with E-state index in [4.69, 9.17) is 10.00 Å². The van der Waals surface area contributed by atoms with Crippen molar-refractivity contribution in [2.75, 3.05) is 25.0 Å². The van der Waals surface area contributed by atoms with Crippen molar-refractivity contribution in [1.82, 2.24) is 5.32 Å². The van der Waals surface area contributed by atoms with Crippen LogP contribution in [0.25, 0.3) is 0 Å². The summed E-state index contributed by atoms with van der Waals surface area (Å²) < 4.78 is 18.6. The molecule has 1 atom stereocenters. The lowest BCUT2D eigenvalue weighted by molar-refractivity contribution is -0.128. The highest BCUT2D eigenvalue weighted by molar-refractivity contribution is 5.95. The Bertz CT molecular complexity index is 493. The van der Waals surface area contributed by atoms with Crippen molar-refractivity contribution in [2.45, 2.75) is 6.10 Å². The fourth-order valence-corrected chi connectivity index (χ4v) is 1.69. The summed E-state index contributed by atoms with van der Waals surface area (Å²) in [5.74, 6) is -1.04. The summed E-state index contributed by atoms with van der Waals surface area (Å²) in [7, 11) is 0. The van der Waals surface area contributed by atoms with Crippen LogP contribution in [0.5, 0.6) is 0 Å². The molecular weight excluding hydrogens is 237 g/mol. The van der Waals surface area contributed by atoms with Crippen molar-refractivity contribution in [2.24, 2.45) is 0 Å². The third-order valence-corrected chi connectivity index (χ3v) is 2.60. The van der Waals surface area contributed by atoms with E-state index in [1.54, 1.807) is 6.07 Å². The summed E-state index contributed by atoms with van der Waals surface area (Å²) in [6, 6.07) is 5.82. The molecule has 0 aliphatic carbocycles. The molecule has 2 rings (SSSR count). The smallest absolute Gasteiger partial charge is 0.254 e. The Kier molecular flexibility index (Phi) is 3.87. The van der Waals surface area contributed by atoms with E-state index in [1.807, 2.05) is 0 Å². The minimum atomic E-state index is -0.655. The molecule has 0 radical (unpaired) electrons. The lowest BCUT2D eigenvalue weighted by Gasteiger charge is -2.22. The number of nitrogens with one attached hydrogen (secondary N) is 2. The van der Waals surface area contributed by atoms with Crippen LogP contribution in [0, 0.1) is 17.1 Å². The lowest BCUT2D eigenvalue weighted by Crippen LogP contribution is -2.45. The molecule has 0 aromatic heterocycles. The highest BCUT2D eigenvalue weighted by Gasteiger charge is 2.22.